The van der Waals surface area contributed by atoms with Gasteiger partial charge >= 0.3 is 0 Å². The molecule has 10 heteroatoms. The number of anilines is 2. The number of hydrogen-bond donors (Lipinski definition) is 1. The van der Waals surface area contributed by atoms with Crippen LogP contribution in [0.15, 0.2) is 48.5 Å². The van der Waals surface area contributed by atoms with Crippen LogP contribution in [-0.4, -0.2) is 91.1 Å². The minimum Gasteiger partial charge on any atom is -0.495 e. The van der Waals surface area contributed by atoms with E-state index >= 15 is 0 Å². The molecule has 4 rings (SSSR count). The number of thiocarbonyl (C=S) groups is 1. The number of amides is 2. The summed E-state index contributed by atoms with van der Waals surface area (Å²) in [6.07, 6.45) is -0.00298. The zero-order chi connectivity index (χ0) is 24.9. The van der Waals surface area contributed by atoms with E-state index in [2.05, 4.69) is 22.2 Å². The van der Waals surface area contributed by atoms with Gasteiger partial charge in [-0.15, -0.1) is 0 Å². The molecule has 2 heterocycles. The van der Waals surface area contributed by atoms with Gasteiger partial charge in [0.05, 0.1) is 24.2 Å². The van der Waals surface area contributed by atoms with E-state index < -0.39 is 6.04 Å². The predicted octanol–water partition coefficient (Wildman–Crippen LogP) is 2.93. The van der Waals surface area contributed by atoms with Gasteiger partial charge < -0.3 is 19.9 Å². The van der Waals surface area contributed by atoms with Crippen LogP contribution >= 0.6 is 23.8 Å². The quantitative estimate of drug-likeness (QED) is 0.542. The zero-order valence-corrected chi connectivity index (χ0v) is 21.5. The number of nitrogens with zero attached hydrogens (tertiary/aromatic N) is 4. The van der Waals surface area contributed by atoms with Crippen LogP contribution in [0, 0.1) is 0 Å². The van der Waals surface area contributed by atoms with Crippen molar-refractivity contribution in [2.75, 3.05) is 63.6 Å². The number of benzene rings is 2. The van der Waals surface area contributed by atoms with Crippen molar-refractivity contribution in [3.63, 3.8) is 0 Å². The van der Waals surface area contributed by atoms with Gasteiger partial charge in [0.25, 0.3) is 5.91 Å². The number of halogens is 1. The summed E-state index contributed by atoms with van der Waals surface area (Å²) in [4.78, 5) is 34.5. The molecule has 186 valence electrons. The molecule has 2 saturated heterocycles. The summed E-state index contributed by atoms with van der Waals surface area (Å²) in [6.45, 7) is 5.24. The minimum absolute atomic E-state index is 0.00298. The Labute approximate surface area is 216 Å². The first kappa shape index (κ1) is 25.4. The third-order valence-electron chi connectivity index (χ3n) is 6.40. The second kappa shape index (κ2) is 11.3. The Bertz CT molecular complexity index is 1080. The third-order valence-corrected chi connectivity index (χ3v) is 7.11. The molecule has 0 unspecified atom stereocenters. The Morgan fingerprint density at radius 2 is 1.83 bits per heavy atom. The maximum atomic E-state index is 13.6. The number of carbonyl (C=O) groups is 2. The second-order valence-corrected chi connectivity index (χ2v) is 9.52. The molecule has 2 aliphatic heterocycles. The number of nitrogens with one attached hydrogen (secondary N) is 1. The average Bonchev–Trinajstić information content (AvgIpc) is 3.07. The van der Waals surface area contributed by atoms with Gasteiger partial charge in [-0.05, 0) is 49.6 Å². The van der Waals surface area contributed by atoms with Crippen molar-refractivity contribution < 1.29 is 14.3 Å². The molecule has 1 atom stereocenters. The van der Waals surface area contributed by atoms with Crippen LogP contribution < -0.4 is 15.0 Å². The van der Waals surface area contributed by atoms with E-state index in [9.17, 15) is 9.59 Å². The van der Waals surface area contributed by atoms with Crippen molar-refractivity contribution in [1.29, 1.82) is 0 Å². The molecule has 0 bridgehead atoms. The van der Waals surface area contributed by atoms with E-state index in [1.165, 1.54) is 12.0 Å². The summed E-state index contributed by atoms with van der Waals surface area (Å²) in [6, 6.07) is 13.6. The first-order chi connectivity index (χ1) is 16.9. The fraction of sp³-hybridized carbons (Fsp3) is 0.400. The molecular weight excluding hydrogens is 486 g/mol. The van der Waals surface area contributed by atoms with E-state index in [4.69, 9.17) is 28.6 Å². The number of carbonyl (C=O) groups excluding carboxylic acids is 2. The van der Waals surface area contributed by atoms with E-state index in [1.807, 2.05) is 35.2 Å². The Balaban J connectivity index is 1.53. The summed E-state index contributed by atoms with van der Waals surface area (Å²) in [5.74, 6) is 0.0353. The number of hydrogen-bond acceptors (Lipinski definition) is 6. The second-order valence-electron chi connectivity index (χ2n) is 8.75. The van der Waals surface area contributed by atoms with Crippen molar-refractivity contribution in [2.24, 2.45) is 0 Å². The lowest BCUT2D eigenvalue weighted by Gasteiger charge is -2.34. The number of para-hydroxylation sites is 1. The molecule has 2 aromatic rings. The Hall–Kier alpha value is -2.72. The van der Waals surface area contributed by atoms with Gasteiger partial charge in [-0.2, -0.15) is 0 Å². The van der Waals surface area contributed by atoms with Crippen molar-refractivity contribution in [2.45, 2.75) is 12.5 Å². The molecule has 0 spiro atoms. The Kier molecular flexibility index (Phi) is 8.22. The monoisotopic (exact) mass is 515 g/mol. The standard InChI is InChI=1S/C25H30ClN5O3S/c1-28-10-12-29(13-11-28)14-15-30-21(17-23(32)27-18-6-4-3-5-7-18)24(33)31(25(30)35)19-8-9-22(34-2)20(26)16-19/h3-9,16,21H,10-15,17H2,1-2H3,(H,27,32)/t21-/m1/s1. The van der Waals surface area contributed by atoms with Crippen LogP contribution in [0.2, 0.25) is 5.02 Å². The third kappa shape index (κ3) is 5.92. The smallest absolute Gasteiger partial charge is 0.256 e. The van der Waals surface area contributed by atoms with Gasteiger partial charge in [0.2, 0.25) is 5.91 Å². The molecule has 1 N–H and O–H groups in total. The van der Waals surface area contributed by atoms with Gasteiger partial charge in [-0.3, -0.25) is 19.4 Å². The number of rotatable bonds is 8. The summed E-state index contributed by atoms with van der Waals surface area (Å²) in [5.41, 5.74) is 1.25. The first-order valence-electron chi connectivity index (χ1n) is 11.6. The summed E-state index contributed by atoms with van der Waals surface area (Å²) in [7, 11) is 3.65. The topological polar surface area (TPSA) is 68.4 Å². The summed E-state index contributed by atoms with van der Waals surface area (Å²) < 4.78 is 5.24. The molecule has 2 fully saturated rings. The molecule has 0 radical (unpaired) electrons. The van der Waals surface area contributed by atoms with Gasteiger partial charge in [0.15, 0.2) is 5.11 Å². The Morgan fingerprint density at radius 3 is 2.49 bits per heavy atom. The van der Waals surface area contributed by atoms with Crippen molar-refractivity contribution in [3.05, 3.63) is 53.6 Å². The van der Waals surface area contributed by atoms with Crippen LogP contribution in [0.3, 0.4) is 0 Å². The van der Waals surface area contributed by atoms with Crippen molar-refractivity contribution in [3.8, 4) is 5.75 Å². The molecule has 0 aliphatic carbocycles. The number of methoxy groups -OCH3 is 1. The van der Waals surface area contributed by atoms with Crippen LogP contribution in [0.25, 0.3) is 0 Å². The highest BCUT2D eigenvalue weighted by molar-refractivity contribution is 7.80. The van der Waals surface area contributed by atoms with E-state index in [1.54, 1.807) is 18.2 Å². The number of likely N-dealkylation sites (N-methyl/N-ethyl adjacent to an activating group) is 1. The van der Waals surface area contributed by atoms with E-state index in [-0.39, 0.29) is 18.2 Å². The Morgan fingerprint density at radius 1 is 1.11 bits per heavy atom. The SMILES string of the molecule is COc1ccc(N2C(=O)[C@@H](CC(=O)Nc3ccccc3)N(CCN3CCN(C)CC3)C2=S)cc1Cl. The highest BCUT2D eigenvalue weighted by Crippen LogP contribution is 2.33. The van der Waals surface area contributed by atoms with Crippen LogP contribution in [0.5, 0.6) is 5.75 Å². The molecule has 0 aromatic heterocycles. The normalized spacial score (nSPS) is 19.3. The van der Waals surface area contributed by atoms with Crippen LogP contribution in [-0.2, 0) is 9.59 Å². The zero-order valence-electron chi connectivity index (χ0n) is 19.9. The maximum Gasteiger partial charge on any atom is 0.256 e. The molecule has 35 heavy (non-hydrogen) atoms. The lowest BCUT2D eigenvalue weighted by molar-refractivity contribution is -0.124. The molecule has 2 amide bonds. The van der Waals surface area contributed by atoms with Crippen LogP contribution in [0.4, 0.5) is 11.4 Å². The number of ether oxygens (including phenoxy) is 1. The van der Waals surface area contributed by atoms with Crippen LogP contribution in [0.1, 0.15) is 6.42 Å². The van der Waals surface area contributed by atoms with Crippen molar-refractivity contribution >= 4 is 52.1 Å². The highest BCUT2D eigenvalue weighted by Gasteiger charge is 2.44. The van der Waals surface area contributed by atoms with Crippen molar-refractivity contribution in [1.82, 2.24) is 14.7 Å². The van der Waals surface area contributed by atoms with Gasteiger partial charge in [0, 0.05) is 45.0 Å². The maximum absolute atomic E-state index is 13.6. The minimum atomic E-state index is -0.695. The first-order valence-corrected chi connectivity index (χ1v) is 12.4. The summed E-state index contributed by atoms with van der Waals surface area (Å²) in [5, 5.41) is 3.64. The summed E-state index contributed by atoms with van der Waals surface area (Å²) >= 11 is 12.1. The van der Waals surface area contributed by atoms with Gasteiger partial charge in [-0.1, -0.05) is 29.8 Å². The van der Waals surface area contributed by atoms with Gasteiger partial charge in [0.1, 0.15) is 11.8 Å². The van der Waals surface area contributed by atoms with E-state index in [0.717, 1.165) is 32.7 Å². The molecule has 0 saturated carbocycles. The lowest BCUT2D eigenvalue weighted by Crippen LogP contribution is -2.48. The lowest BCUT2D eigenvalue weighted by atomic mass is 10.1. The molecule has 8 nitrogen and oxygen atoms in total. The highest BCUT2D eigenvalue weighted by atomic mass is 35.5. The van der Waals surface area contributed by atoms with Gasteiger partial charge in [-0.25, -0.2) is 0 Å². The van der Waals surface area contributed by atoms with E-state index in [0.29, 0.717) is 33.8 Å². The molecule has 2 aliphatic rings. The fourth-order valence-electron chi connectivity index (χ4n) is 4.35. The fourth-order valence-corrected chi connectivity index (χ4v) is 5.01. The average molecular weight is 516 g/mol. The largest absolute Gasteiger partial charge is 0.495 e. The number of piperazine rings is 1. The predicted molar refractivity (Wildman–Crippen MR) is 142 cm³/mol. The molecule has 2 aromatic carbocycles. The molecular formula is C25H30ClN5O3S.